The molecule has 4 rings (SSSR count). The molecular formula is C27H39F5N2O6. The average Bonchev–Trinajstić information content (AvgIpc) is 2.91. The van der Waals surface area contributed by atoms with Gasteiger partial charge in [-0.25, -0.2) is 8.78 Å². The maximum atomic E-state index is 13.1. The summed E-state index contributed by atoms with van der Waals surface area (Å²) in [6.45, 7) is 0.924. The summed E-state index contributed by atoms with van der Waals surface area (Å²) in [4.78, 5) is 3.46. The van der Waals surface area contributed by atoms with Crippen LogP contribution in [0.2, 0.25) is 0 Å². The third kappa shape index (κ3) is 7.68. The largest absolute Gasteiger partial charge is 0.416 e. The molecule has 0 amide bonds. The van der Waals surface area contributed by atoms with Crippen LogP contribution in [0.1, 0.15) is 36.8 Å². The van der Waals surface area contributed by atoms with Crippen LogP contribution in [0, 0.1) is 11.8 Å². The molecule has 1 saturated carbocycles. The zero-order valence-corrected chi connectivity index (χ0v) is 22.1. The van der Waals surface area contributed by atoms with E-state index in [0.717, 1.165) is 12.1 Å². The Hall–Kier alpha value is -1.45. The second kappa shape index (κ2) is 13.2. The Kier molecular flexibility index (Phi) is 10.4. The zero-order valence-electron chi connectivity index (χ0n) is 22.1. The molecule has 0 spiro atoms. The Balaban J connectivity index is 1.38. The molecule has 1 unspecified atom stereocenters. The number of halogens is 5. The molecule has 0 bridgehead atoms. The predicted octanol–water partition coefficient (Wildman–Crippen LogP) is 1.47. The molecule has 1 aromatic rings. The first-order chi connectivity index (χ1) is 18.8. The van der Waals surface area contributed by atoms with Gasteiger partial charge in [-0.05, 0) is 55.7 Å². The van der Waals surface area contributed by atoms with Gasteiger partial charge in [0, 0.05) is 38.6 Å². The van der Waals surface area contributed by atoms with E-state index < -0.39 is 66.9 Å². The Labute approximate surface area is 230 Å². The van der Waals surface area contributed by atoms with Crippen molar-refractivity contribution in [2.75, 3.05) is 32.7 Å². The number of piperidine rings is 2. The molecule has 2 saturated heterocycles. The third-order valence-electron chi connectivity index (χ3n) is 8.53. The number of hydrogen-bond acceptors (Lipinski definition) is 8. The Morgan fingerprint density at radius 2 is 1.45 bits per heavy atom. The van der Waals surface area contributed by atoms with Gasteiger partial charge in [0.2, 0.25) is 6.43 Å². The van der Waals surface area contributed by atoms with E-state index in [1.807, 2.05) is 0 Å². The third-order valence-corrected chi connectivity index (χ3v) is 8.53. The summed E-state index contributed by atoms with van der Waals surface area (Å²) in [6, 6.07) is 4.80. The molecule has 0 radical (unpaired) electrons. The number of alkyl halides is 5. The summed E-state index contributed by atoms with van der Waals surface area (Å²) in [5.41, 5.74) is -0.0789. The number of benzene rings is 1. The van der Waals surface area contributed by atoms with Crippen LogP contribution in [0.5, 0.6) is 0 Å². The maximum Gasteiger partial charge on any atom is 0.416 e. The number of aliphatic hydroxyl groups is 5. The van der Waals surface area contributed by atoms with Gasteiger partial charge in [0.05, 0.1) is 17.8 Å². The van der Waals surface area contributed by atoms with Crippen molar-refractivity contribution in [3.8, 4) is 0 Å². The molecule has 8 nitrogen and oxygen atoms in total. The average molecular weight is 583 g/mol. The van der Waals surface area contributed by atoms with E-state index in [1.165, 1.54) is 12.1 Å². The fourth-order valence-corrected chi connectivity index (χ4v) is 6.05. The summed E-state index contributed by atoms with van der Waals surface area (Å²) in [5.74, 6) is -0.618. The van der Waals surface area contributed by atoms with Crippen LogP contribution in [0.25, 0.3) is 0 Å². The molecule has 1 aliphatic carbocycles. The van der Waals surface area contributed by atoms with E-state index in [1.54, 1.807) is 9.80 Å². The first kappa shape index (κ1) is 31.5. The Morgan fingerprint density at radius 1 is 0.825 bits per heavy atom. The normalized spacial score (nSPS) is 36.7. The van der Waals surface area contributed by atoms with E-state index >= 15 is 0 Å². The fourth-order valence-electron chi connectivity index (χ4n) is 6.05. The fraction of sp³-hybridized carbons (Fsp3) is 0.778. The smallest absolute Gasteiger partial charge is 0.389 e. The monoisotopic (exact) mass is 582 g/mol. The van der Waals surface area contributed by atoms with Gasteiger partial charge in [-0.2, -0.15) is 13.2 Å². The first-order valence-electron chi connectivity index (χ1n) is 13.8. The van der Waals surface area contributed by atoms with Crippen LogP contribution in [-0.4, -0.2) is 117 Å². The molecular weight excluding hydrogens is 543 g/mol. The first-order valence-corrected chi connectivity index (χ1v) is 13.8. The van der Waals surface area contributed by atoms with Crippen molar-refractivity contribution >= 4 is 0 Å². The predicted molar refractivity (Wildman–Crippen MR) is 133 cm³/mol. The SMILES string of the molecule is O[C@H]1[C@H](O)CN(CCc2ccc(C(F)(F)F)cc2)C[C@@H]1OC1[C@@H](O)[C@H](O)[C@@H](O)CN1C[C@H]1CC[C@H](C(F)F)CC1. The van der Waals surface area contributed by atoms with Crippen molar-refractivity contribution in [1.29, 1.82) is 0 Å². The van der Waals surface area contributed by atoms with Gasteiger partial charge in [-0.1, -0.05) is 12.1 Å². The molecule has 5 N–H and O–H groups in total. The van der Waals surface area contributed by atoms with Gasteiger partial charge in [-0.15, -0.1) is 0 Å². The molecule has 3 aliphatic rings. The van der Waals surface area contributed by atoms with Gasteiger partial charge in [0.1, 0.15) is 30.6 Å². The quantitative estimate of drug-likeness (QED) is 0.293. The summed E-state index contributed by atoms with van der Waals surface area (Å²) >= 11 is 0. The molecule has 1 aromatic carbocycles. The van der Waals surface area contributed by atoms with Crippen molar-refractivity contribution in [3.05, 3.63) is 35.4 Å². The lowest BCUT2D eigenvalue weighted by Crippen LogP contribution is -2.66. The Bertz CT molecular complexity index is 933. The van der Waals surface area contributed by atoms with E-state index in [9.17, 15) is 47.5 Å². The number of aliphatic hydroxyl groups excluding tert-OH is 5. The van der Waals surface area contributed by atoms with Crippen LogP contribution < -0.4 is 0 Å². The van der Waals surface area contributed by atoms with Gasteiger partial charge in [0.15, 0.2) is 0 Å². The van der Waals surface area contributed by atoms with Crippen molar-refractivity contribution in [1.82, 2.24) is 9.80 Å². The van der Waals surface area contributed by atoms with Crippen molar-refractivity contribution in [3.63, 3.8) is 0 Å². The highest BCUT2D eigenvalue weighted by Gasteiger charge is 2.46. The Morgan fingerprint density at radius 3 is 2.05 bits per heavy atom. The molecule has 13 heteroatoms. The van der Waals surface area contributed by atoms with Gasteiger partial charge in [-0.3, -0.25) is 9.80 Å². The number of nitrogens with zero attached hydrogens (tertiary/aromatic N) is 2. The van der Waals surface area contributed by atoms with Crippen LogP contribution in [0.3, 0.4) is 0 Å². The molecule has 40 heavy (non-hydrogen) atoms. The highest BCUT2D eigenvalue weighted by Crippen LogP contribution is 2.35. The minimum Gasteiger partial charge on any atom is -0.389 e. The van der Waals surface area contributed by atoms with E-state index in [0.29, 0.717) is 50.8 Å². The topological polar surface area (TPSA) is 117 Å². The lowest BCUT2D eigenvalue weighted by molar-refractivity contribution is -0.253. The van der Waals surface area contributed by atoms with E-state index in [4.69, 9.17) is 4.74 Å². The number of β-amino-alcohol motifs (C(OH)–C–C–N with tert-alkyl or cyclic N) is 2. The summed E-state index contributed by atoms with van der Waals surface area (Å²) in [6.07, 6.45) is -13.4. The van der Waals surface area contributed by atoms with Crippen molar-refractivity contribution < 1.29 is 52.2 Å². The molecule has 228 valence electrons. The summed E-state index contributed by atoms with van der Waals surface area (Å²) in [5, 5.41) is 52.6. The lowest BCUT2D eigenvalue weighted by Gasteiger charge is -2.48. The number of likely N-dealkylation sites (tertiary alicyclic amines) is 2. The number of rotatable bonds is 8. The van der Waals surface area contributed by atoms with Gasteiger partial charge < -0.3 is 30.3 Å². The summed E-state index contributed by atoms with van der Waals surface area (Å²) in [7, 11) is 0. The standard InChI is InChI=1S/C27H39F5N2O6/c28-25(29)17-5-1-16(2-6-17)11-34-13-20(36)23(38)24(39)26(34)40-21-14-33(12-19(35)22(21)37)10-9-15-3-7-18(8-4-15)27(30,31)32/h3-4,7-8,16-17,19-26,35-39H,1-2,5-6,9-14H2/t16-,17-,19-,20+,21+,22+,23-,24+,26?/m1/s1. The minimum atomic E-state index is -4.43. The molecule has 3 fully saturated rings. The van der Waals surface area contributed by atoms with Crippen LogP contribution in [0.15, 0.2) is 24.3 Å². The minimum absolute atomic E-state index is 0.0258. The van der Waals surface area contributed by atoms with E-state index in [2.05, 4.69) is 0 Å². The maximum absolute atomic E-state index is 13.1. The second-order valence-corrected chi connectivity index (χ2v) is 11.4. The number of hydrogen-bond donors (Lipinski definition) is 5. The molecule has 2 heterocycles. The lowest BCUT2D eigenvalue weighted by atomic mass is 9.81. The second-order valence-electron chi connectivity index (χ2n) is 11.4. The van der Waals surface area contributed by atoms with Gasteiger partial charge in [0.25, 0.3) is 0 Å². The molecule has 7 atom stereocenters. The molecule has 2 aliphatic heterocycles. The molecule has 0 aromatic heterocycles. The van der Waals surface area contributed by atoms with Crippen molar-refractivity contribution in [2.24, 2.45) is 11.8 Å². The van der Waals surface area contributed by atoms with Crippen molar-refractivity contribution in [2.45, 2.75) is 87.6 Å². The highest BCUT2D eigenvalue weighted by molar-refractivity contribution is 5.24. The van der Waals surface area contributed by atoms with E-state index in [-0.39, 0.29) is 25.6 Å². The van der Waals surface area contributed by atoms with Gasteiger partial charge >= 0.3 is 6.18 Å². The summed E-state index contributed by atoms with van der Waals surface area (Å²) < 4.78 is 70.8. The van der Waals surface area contributed by atoms with Crippen LogP contribution >= 0.6 is 0 Å². The zero-order chi connectivity index (χ0) is 29.2. The number of ether oxygens (including phenoxy) is 1. The van der Waals surface area contributed by atoms with Crippen LogP contribution in [-0.2, 0) is 17.3 Å². The van der Waals surface area contributed by atoms with Crippen LogP contribution in [0.4, 0.5) is 22.0 Å². The highest BCUT2D eigenvalue weighted by atomic mass is 19.4.